The molecule has 1 aromatic rings. The van der Waals surface area contributed by atoms with E-state index >= 15 is 0 Å². The van der Waals surface area contributed by atoms with Crippen LogP contribution in [0, 0.1) is 5.92 Å². The van der Waals surface area contributed by atoms with Gasteiger partial charge in [-0.25, -0.2) is 0 Å². The van der Waals surface area contributed by atoms with E-state index in [2.05, 4.69) is 21.2 Å². The highest BCUT2D eigenvalue weighted by Gasteiger charge is 2.30. The number of halogens is 1. The minimum absolute atomic E-state index is 0.0364. The fourth-order valence-electron chi connectivity index (χ4n) is 2.25. The van der Waals surface area contributed by atoms with Gasteiger partial charge in [0, 0.05) is 10.5 Å². The van der Waals surface area contributed by atoms with Gasteiger partial charge in [-0.05, 0) is 47.3 Å². The molecule has 2 rings (SSSR count). The molecule has 1 aliphatic rings. The van der Waals surface area contributed by atoms with Crippen molar-refractivity contribution in [3.05, 3.63) is 34.3 Å². The standard InChI is InChI=1S/C13H14BrNO3/c14-11-4-2-1-3-10(11)12(16)15-9-6-5-8(7-9)13(17)18/h1-4,8-9H,5-7H2,(H,15,16)(H,17,18)/t8-,9+/m1/s1. The molecule has 0 saturated heterocycles. The highest BCUT2D eigenvalue weighted by atomic mass is 79.9. The molecule has 0 radical (unpaired) electrons. The Labute approximate surface area is 114 Å². The molecule has 1 aliphatic carbocycles. The molecule has 0 bridgehead atoms. The molecule has 1 fully saturated rings. The van der Waals surface area contributed by atoms with Crippen molar-refractivity contribution in [2.24, 2.45) is 5.92 Å². The fourth-order valence-corrected chi connectivity index (χ4v) is 2.71. The van der Waals surface area contributed by atoms with Gasteiger partial charge in [0.1, 0.15) is 0 Å². The summed E-state index contributed by atoms with van der Waals surface area (Å²) in [6, 6.07) is 7.16. The van der Waals surface area contributed by atoms with Crippen LogP contribution in [0.3, 0.4) is 0 Å². The minimum atomic E-state index is -0.771. The lowest BCUT2D eigenvalue weighted by atomic mass is 10.1. The van der Waals surface area contributed by atoms with E-state index in [9.17, 15) is 9.59 Å². The van der Waals surface area contributed by atoms with Crippen LogP contribution in [0.1, 0.15) is 29.6 Å². The van der Waals surface area contributed by atoms with E-state index in [0.717, 1.165) is 10.9 Å². The number of carboxylic acid groups (broad SMARTS) is 1. The smallest absolute Gasteiger partial charge is 0.306 e. The van der Waals surface area contributed by atoms with Crippen molar-refractivity contribution in [2.75, 3.05) is 0 Å². The average Bonchev–Trinajstić information content (AvgIpc) is 2.78. The molecule has 96 valence electrons. The highest BCUT2D eigenvalue weighted by Crippen LogP contribution is 2.26. The van der Waals surface area contributed by atoms with E-state index in [1.807, 2.05) is 12.1 Å². The van der Waals surface area contributed by atoms with Crippen LogP contribution in [-0.2, 0) is 4.79 Å². The van der Waals surface area contributed by atoms with Crippen LogP contribution >= 0.6 is 15.9 Å². The summed E-state index contributed by atoms with van der Waals surface area (Å²) in [5.74, 6) is -1.25. The first-order valence-corrected chi connectivity index (χ1v) is 6.65. The van der Waals surface area contributed by atoms with Gasteiger partial charge in [0.2, 0.25) is 0 Å². The van der Waals surface area contributed by atoms with Crippen LogP contribution in [0.5, 0.6) is 0 Å². The van der Waals surface area contributed by atoms with Crippen molar-refractivity contribution in [1.29, 1.82) is 0 Å². The molecule has 0 aromatic heterocycles. The molecule has 0 heterocycles. The SMILES string of the molecule is O=C(N[C@H]1CC[C@@H](C(=O)O)C1)c1ccccc1Br. The largest absolute Gasteiger partial charge is 0.481 e. The van der Waals surface area contributed by atoms with E-state index in [-0.39, 0.29) is 17.9 Å². The predicted octanol–water partition coefficient (Wildman–Crippen LogP) is 2.43. The Balaban J connectivity index is 1.97. The molecular weight excluding hydrogens is 298 g/mol. The highest BCUT2D eigenvalue weighted by molar-refractivity contribution is 9.10. The van der Waals surface area contributed by atoms with Crippen molar-refractivity contribution in [1.82, 2.24) is 5.32 Å². The second-order valence-electron chi connectivity index (χ2n) is 4.50. The lowest BCUT2D eigenvalue weighted by molar-refractivity contribution is -0.141. The van der Waals surface area contributed by atoms with Gasteiger partial charge < -0.3 is 10.4 Å². The molecule has 1 saturated carbocycles. The molecule has 1 amide bonds. The summed E-state index contributed by atoms with van der Waals surface area (Å²) in [5.41, 5.74) is 0.580. The summed E-state index contributed by atoms with van der Waals surface area (Å²) in [7, 11) is 0. The van der Waals surface area contributed by atoms with Gasteiger partial charge in [0.05, 0.1) is 11.5 Å². The molecular formula is C13H14BrNO3. The molecule has 2 N–H and O–H groups in total. The first-order valence-electron chi connectivity index (χ1n) is 5.86. The molecule has 4 nitrogen and oxygen atoms in total. The van der Waals surface area contributed by atoms with E-state index in [1.165, 1.54) is 0 Å². The average molecular weight is 312 g/mol. The number of carbonyl (C=O) groups is 2. The van der Waals surface area contributed by atoms with Crippen LogP contribution in [0.25, 0.3) is 0 Å². The van der Waals surface area contributed by atoms with Crippen LogP contribution in [0.15, 0.2) is 28.7 Å². The van der Waals surface area contributed by atoms with Gasteiger partial charge >= 0.3 is 5.97 Å². The normalized spacial score (nSPS) is 22.7. The molecule has 0 spiro atoms. The Morgan fingerprint density at radius 3 is 2.61 bits per heavy atom. The van der Waals surface area contributed by atoms with E-state index in [4.69, 9.17) is 5.11 Å². The van der Waals surface area contributed by atoms with Gasteiger partial charge in [-0.15, -0.1) is 0 Å². The summed E-state index contributed by atoms with van der Waals surface area (Å²) in [6.07, 6.45) is 1.88. The van der Waals surface area contributed by atoms with Crippen molar-refractivity contribution < 1.29 is 14.7 Å². The van der Waals surface area contributed by atoms with Crippen molar-refractivity contribution >= 4 is 27.8 Å². The van der Waals surface area contributed by atoms with E-state index < -0.39 is 5.97 Å². The molecule has 1 aromatic carbocycles. The molecule has 0 unspecified atom stereocenters. The Morgan fingerprint density at radius 1 is 1.28 bits per heavy atom. The zero-order valence-electron chi connectivity index (χ0n) is 9.73. The number of nitrogens with one attached hydrogen (secondary N) is 1. The molecule has 2 atom stereocenters. The zero-order valence-corrected chi connectivity index (χ0v) is 11.3. The van der Waals surface area contributed by atoms with Crippen LogP contribution in [-0.4, -0.2) is 23.0 Å². The number of aliphatic carboxylic acids is 1. The third kappa shape index (κ3) is 2.90. The summed E-state index contributed by atoms with van der Waals surface area (Å²) >= 11 is 3.33. The summed E-state index contributed by atoms with van der Waals surface area (Å²) < 4.78 is 0.746. The quantitative estimate of drug-likeness (QED) is 0.901. The number of carboxylic acids is 1. The number of amides is 1. The van der Waals surface area contributed by atoms with Crippen molar-refractivity contribution in [3.8, 4) is 0 Å². The van der Waals surface area contributed by atoms with Gasteiger partial charge in [-0.1, -0.05) is 12.1 Å². The maximum Gasteiger partial charge on any atom is 0.306 e. The number of hydrogen-bond donors (Lipinski definition) is 2. The number of carbonyl (C=O) groups excluding carboxylic acids is 1. The van der Waals surface area contributed by atoms with Crippen molar-refractivity contribution in [3.63, 3.8) is 0 Å². The Morgan fingerprint density at radius 2 is 2.00 bits per heavy atom. The van der Waals surface area contributed by atoms with Gasteiger partial charge in [-0.3, -0.25) is 9.59 Å². The summed E-state index contributed by atoms with van der Waals surface area (Å²) in [6.45, 7) is 0. The number of rotatable bonds is 3. The molecule has 18 heavy (non-hydrogen) atoms. The first-order chi connectivity index (χ1) is 8.58. The maximum atomic E-state index is 12.0. The van der Waals surface area contributed by atoms with Crippen LogP contribution in [0.2, 0.25) is 0 Å². The third-order valence-electron chi connectivity index (χ3n) is 3.24. The number of benzene rings is 1. The topological polar surface area (TPSA) is 66.4 Å². The summed E-state index contributed by atoms with van der Waals surface area (Å²) in [4.78, 5) is 22.8. The van der Waals surface area contributed by atoms with Crippen LogP contribution < -0.4 is 5.32 Å². The minimum Gasteiger partial charge on any atom is -0.481 e. The Hall–Kier alpha value is -1.36. The van der Waals surface area contributed by atoms with Gasteiger partial charge in [-0.2, -0.15) is 0 Å². The van der Waals surface area contributed by atoms with E-state index in [1.54, 1.807) is 12.1 Å². The second kappa shape index (κ2) is 5.52. The van der Waals surface area contributed by atoms with Crippen molar-refractivity contribution in [2.45, 2.75) is 25.3 Å². The molecule has 5 heteroatoms. The van der Waals surface area contributed by atoms with Gasteiger partial charge in [0.25, 0.3) is 5.91 Å². The second-order valence-corrected chi connectivity index (χ2v) is 5.35. The lowest BCUT2D eigenvalue weighted by Crippen LogP contribution is -2.33. The number of hydrogen-bond acceptors (Lipinski definition) is 2. The summed E-state index contributed by atoms with van der Waals surface area (Å²) in [5, 5.41) is 11.8. The van der Waals surface area contributed by atoms with Gasteiger partial charge in [0.15, 0.2) is 0 Å². The third-order valence-corrected chi connectivity index (χ3v) is 3.93. The monoisotopic (exact) mass is 311 g/mol. The maximum absolute atomic E-state index is 12.0. The zero-order chi connectivity index (χ0) is 13.1. The fraction of sp³-hybridized carbons (Fsp3) is 0.385. The van der Waals surface area contributed by atoms with Crippen LogP contribution in [0.4, 0.5) is 0 Å². The Kier molecular flexibility index (Phi) is 4.01. The lowest BCUT2D eigenvalue weighted by Gasteiger charge is -2.13. The first kappa shape index (κ1) is 13.1. The predicted molar refractivity (Wildman–Crippen MR) is 70.4 cm³/mol. The van der Waals surface area contributed by atoms with E-state index in [0.29, 0.717) is 18.4 Å². The Bertz CT molecular complexity index is 475. The molecule has 0 aliphatic heterocycles.